The lowest BCUT2D eigenvalue weighted by molar-refractivity contribution is -0.384. The number of nitrogens with zero attached hydrogens (tertiary/aromatic N) is 3. The fraction of sp³-hybridized carbons (Fsp3) is 0.185. The van der Waals surface area contributed by atoms with Crippen LogP contribution in [0.4, 0.5) is 17.1 Å². The maximum absolute atomic E-state index is 13.4. The highest BCUT2D eigenvalue weighted by molar-refractivity contribution is 6.32. The van der Waals surface area contributed by atoms with Crippen LogP contribution in [0.15, 0.2) is 65.7 Å². The summed E-state index contributed by atoms with van der Waals surface area (Å²) in [6, 6.07) is 14.7. The van der Waals surface area contributed by atoms with E-state index >= 15 is 0 Å². The molecular formula is C27H23ClN6O6. The number of carboxylic acids is 1. The molecule has 0 aliphatic carbocycles. The van der Waals surface area contributed by atoms with E-state index in [1.807, 2.05) is 0 Å². The molecule has 204 valence electrons. The molecule has 4 N–H and O–H groups in total. The number of fused-ring (bicyclic) bond motifs is 1. The zero-order chi connectivity index (χ0) is 28.4. The van der Waals surface area contributed by atoms with Crippen LogP contribution in [0.5, 0.6) is 0 Å². The molecule has 40 heavy (non-hydrogen) atoms. The second-order valence-electron chi connectivity index (χ2n) is 9.20. The van der Waals surface area contributed by atoms with Gasteiger partial charge in [0.2, 0.25) is 0 Å². The first kappa shape index (κ1) is 26.6. The summed E-state index contributed by atoms with van der Waals surface area (Å²) in [7, 11) is 0. The third kappa shape index (κ3) is 5.57. The number of carbonyl (C=O) groups is 3. The zero-order valence-corrected chi connectivity index (χ0v) is 21.6. The third-order valence-corrected chi connectivity index (χ3v) is 6.90. The van der Waals surface area contributed by atoms with Crippen LogP contribution in [0.1, 0.15) is 44.3 Å². The second kappa shape index (κ2) is 11.0. The Morgan fingerprint density at radius 1 is 1.12 bits per heavy atom. The number of hydrogen-bond donors (Lipinski definition) is 4. The Kier molecular flexibility index (Phi) is 7.34. The molecule has 0 saturated carbocycles. The number of rotatable bonds is 8. The summed E-state index contributed by atoms with van der Waals surface area (Å²) in [5, 5.41) is 29.8. The molecule has 1 atom stereocenters. The lowest BCUT2D eigenvalue weighted by Crippen LogP contribution is -2.31. The molecule has 2 amide bonds. The van der Waals surface area contributed by atoms with Crippen molar-refractivity contribution < 1.29 is 24.4 Å². The van der Waals surface area contributed by atoms with Gasteiger partial charge in [0, 0.05) is 41.7 Å². The topological polar surface area (TPSA) is 166 Å². The number of guanidine groups is 1. The molecule has 12 nitrogen and oxygen atoms in total. The van der Waals surface area contributed by atoms with Gasteiger partial charge in [0.1, 0.15) is 5.02 Å². The van der Waals surface area contributed by atoms with Crippen molar-refractivity contribution in [3.05, 3.63) is 98.1 Å². The van der Waals surface area contributed by atoms with Gasteiger partial charge in [-0.2, -0.15) is 0 Å². The van der Waals surface area contributed by atoms with Gasteiger partial charge in [0.05, 0.1) is 23.9 Å². The van der Waals surface area contributed by atoms with E-state index in [1.165, 1.54) is 29.2 Å². The summed E-state index contributed by atoms with van der Waals surface area (Å²) >= 11 is 5.92. The van der Waals surface area contributed by atoms with Crippen molar-refractivity contribution in [1.29, 1.82) is 0 Å². The van der Waals surface area contributed by atoms with Gasteiger partial charge < -0.3 is 26.0 Å². The van der Waals surface area contributed by atoms with Gasteiger partial charge >= 0.3 is 5.97 Å². The fourth-order valence-corrected chi connectivity index (χ4v) is 4.82. The summed E-state index contributed by atoms with van der Waals surface area (Å²) < 4.78 is 0. The first-order chi connectivity index (χ1) is 19.2. The molecular weight excluding hydrogens is 540 g/mol. The lowest BCUT2D eigenvalue weighted by Gasteiger charge is -2.27. The number of nitro benzene ring substituents is 1. The zero-order valence-electron chi connectivity index (χ0n) is 20.9. The number of halogens is 1. The van der Waals surface area contributed by atoms with E-state index in [9.17, 15) is 29.6 Å². The Hall–Kier alpha value is -4.97. The predicted octanol–water partition coefficient (Wildman–Crippen LogP) is 4.04. The highest BCUT2D eigenvalue weighted by atomic mass is 35.5. The Morgan fingerprint density at radius 2 is 1.88 bits per heavy atom. The normalized spacial score (nSPS) is 14.7. The van der Waals surface area contributed by atoms with Gasteiger partial charge in [-0.15, -0.1) is 0 Å². The van der Waals surface area contributed by atoms with Crippen molar-refractivity contribution in [2.45, 2.75) is 19.0 Å². The minimum atomic E-state index is -1.17. The molecule has 0 aromatic heterocycles. The number of carboxylic acid groups (broad SMARTS) is 1. The molecule has 0 spiro atoms. The van der Waals surface area contributed by atoms with Crippen molar-refractivity contribution in [3.8, 4) is 0 Å². The van der Waals surface area contributed by atoms with Gasteiger partial charge in [-0.1, -0.05) is 23.7 Å². The standard InChI is InChI=1S/C27H23ClN6O6/c28-21-8-4-16(11-23(21)34(39)40)22(13-24(35)36)33-14-17-3-7-19(12-20(17)26(33)38)31-25(37)15-1-5-18(6-2-15)32-27-29-9-10-30-27/h1-8,11-12,22H,9-10,13-14H2,(H,31,37)(H,35,36)(H2,29,30,32). The van der Waals surface area contributed by atoms with E-state index in [1.54, 1.807) is 36.4 Å². The van der Waals surface area contributed by atoms with E-state index in [2.05, 4.69) is 20.9 Å². The van der Waals surface area contributed by atoms with Crippen molar-refractivity contribution >= 4 is 52.4 Å². The minimum absolute atomic E-state index is 0.0923. The first-order valence-electron chi connectivity index (χ1n) is 12.3. The molecule has 5 rings (SSSR count). The average Bonchev–Trinajstić information content (AvgIpc) is 3.55. The van der Waals surface area contributed by atoms with Gasteiger partial charge in [-0.25, -0.2) is 0 Å². The number of nitrogens with one attached hydrogen (secondary N) is 3. The molecule has 0 saturated heterocycles. The van der Waals surface area contributed by atoms with Crippen LogP contribution in [-0.2, 0) is 11.3 Å². The van der Waals surface area contributed by atoms with Crippen molar-refractivity contribution in [1.82, 2.24) is 10.2 Å². The number of nitro groups is 1. The molecule has 13 heteroatoms. The molecule has 0 bridgehead atoms. The molecule has 3 aromatic carbocycles. The van der Waals surface area contributed by atoms with Crippen molar-refractivity contribution in [2.24, 2.45) is 4.99 Å². The number of aliphatic imine (C=N–C) groups is 1. The summed E-state index contributed by atoms with van der Waals surface area (Å²) in [6.45, 7) is 1.58. The van der Waals surface area contributed by atoms with Crippen LogP contribution in [0, 0.1) is 10.1 Å². The van der Waals surface area contributed by atoms with Crippen LogP contribution >= 0.6 is 11.6 Å². The monoisotopic (exact) mass is 562 g/mol. The van der Waals surface area contributed by atoms with Crippen LogP contribution in [0.25, 0.3) is 0 Å². The number of benzene rings is 3. The summed E-state index contributed by atoms with van der Waals surface area (Å²) in [4.78, 5) is 54.3. The van der Waals surface area contributed by atoms with Crippen molar-refractivity contribution in [2.75, 3.05) is 23.7 Å². The summed E-state index contributed by atoms with van der Waals surface area (Å²) in [5.41, 5.74) is 2.42. The maximum Gasteiger partial charge on any atom is 0.305 e. The number of aliphatic carboxylic acids is 1. The van der Waals surface area contributed by atoms with Crippen LogP contribution in [0.2, 0.25) is 5.02 Å². The maximum atomic E-state index is 13.4. The lowest BCUT2D eigenvalue weighted by atomic mass is 10.0. The van der Waals surface area contributed by atoms with Crippen LogP contribution in [0.3, 0.4) is 0 Å². The Morgan fingerprint density at radius 3 is 2.55 bits per heavy atom. The van der Waals surface area contributed by atoms with Gasteiger partial charge in [-0.05, 0) is 53.6 Å². The minimum Gasteiger partial charge on any atom is -0.481 e. The molecule has 2 aliphatic heterocycles. The summed E-state index contributed by atoms with van der Waals surface area (Å²) in [5.74, 6) is -1.32. The number of carbonyl (C=O) groups excluding carboxylic acids is 2. The molecule has 2 aliphatic rings. The van der Waals surface area contributed by atoms with E-state index in [0.29, 0.717) is 34.9 Å². The quantitative estimate of drug-likeness (QED) is 0.236. The van der Waals surface area contributed by atoms with Gasteiger partial charge in [-0.3, -0.25) is 29.5 Å². The Labute approximate surface area is 232 Å². The van der Waals surface area contributed by atoms with Crippen LogP contribution in [-0.4, -0.2) is 51.8 Å². The van der Waals surface area contributed by atoms with E-state index < -0.39 is 29.3 Å². The second-order valence-corrected chi connectivity index (χ2v) is 9.61. The Balaban J connectivity index is 1.32. The molecule has 2 heterocycles. The number of hydrogen-bond acceptors (Lipinski definition) is 8. The molecule has 3 aromatic rings. The third-order valence-electron chi connectivity index (χ3n) is 6.58. The molecule has 0 radical (unpaired) electrons. The number of amides is 2. The average molecular weight is 563 g/mol. The highest BCUT2D eigenvalue weighted by Crippen LogP contribution is 2.37. The highest BCUT2D eigenvalue weighted by Gasteiger charge is 2.35. The number of anilines is 2. The SMILES string of the molecule is O=C(O)CC(c1ccc(Cl)c([N+](=O)[O-])c1)N1Cc2ccc(NC(=O)c3ccc(NC4=NCCN4)cc3)cc2C1=O. The Bertz CT molecular complexity index is 1560. The molecule has 0 fully saturated rings. The van der Waals surface area contributed by atoms with Gasteiger partial charge in [0.15, 0.2) is 5.96 Å². The van der Waals surface area contributed by atoms with E-state index in [-0.39, 0.29) is 28.7 Å². The van der Waals surface area contributed by atoms with Gasteiger partial charge in [0.25, 0.3) is 17.5 Å². The van der Waals surface area contributed by atoms with Crippen molar-refractivity contribution in [3.63, 3.8) is 0 Å². The smallest absolute Gasteiger partial charge is 0.305 e. The largest absolute Gasteiger partial charge is 0.481 e. The van der Waals surface area contributed by atoms with Crippen LogP contribution < -0.4 is 16.0 Å². The summed E-state index contributed by atoms with van der Waals surface area (Å²) in [6.07, 6.45) is -0.462. The first-order valence-corrected chi connectivity index (χ1v) is 12.6. The van der Waals surface area contributed by atoms with E-state index in [0.717, 1.165) is 12.2 Å². The molecule has 1 unspecified atom stereocenters. The van der Waals surface area contributed by atoms with E-state index in [4.69, 9.17) is 11.6 Å². The fourth-order valence-electron chi connectivity index (χ4n) is 4.63. The predicted molar refractivity (Wildman–Crippen MR) is 148 cm³/mol.